The van der Waals surface area contributed by atoms with Crippen molar-refractivity contribution in [2.75, 3.05) is 0 Å². The Morgan fingerprint density at radius 3 is 1.58 bits per heavy atom. The van der Waals surface area contributed by atoms with Crippen molar-refractivity contribution >= 4 is 27.5 Å². The van der Waals surface area contributed by atoms with E-state index in [0.29, 0.717) is 0 Å². The van der Waals surface area contributed by atoms with Crippen LogP contribution in [0, 0.1) is 0 Å². The fourth-order valence-electron chi connectivity index (χ4n) is 6.00. The van der Waals surface area contributed by atoms with E-state index in [1.165, 1.54) is 50.1 Å². The molecule has 2 heteroatoms. The highest BCUT2D eigenvalue weighted by atomic mass is 79.9. The van der Waals surface area contributed by atoms with Crippen LogP contribution in [0.4, 0.5) is 0 Å². The highest BCUT2D eigenvalue weighted by molar-refractivity contribution is 9.10. The first-order chi connectivity index (χ1) is 16.2. The summed E-state index contributed by atoms with van der Waals surface area (Å²) in [6, 6.07) is 39.7. The molecule has 5 aromatic carbocycles. The first-order valence-corrected chi connectivity index (χ1v) is 12.3. The minimum atomic E-state index is -0.285. The molecule has 0 saturated heterocycles. The van der Waals surface area contributed by atoms with Gasteiger partial charge < -0.3 is 0 Å². The van der Waals surface area contributed by atoms with E-state index in [1.54, 1.807) is 0 Å². The average Bonchev–Trinajstić information content (AvgIpc) is 3.31. The molecule has 0 heterocycles. The predicted molar refractivity (Wildman–Crippen MR) is 141 cm³/mol. The summed E-state index contributed by atoms with van der Waals surface area (Å²) < 4.78 is 0.987. The zero-order valence-corrected chi connectivity index (χ0v) is 20.0. The van der Waals surface area contributed by atoms with Crippen LogP contribution in [0.3, 0.4) is 0 Å². The number of rotatable bonds is 1. The Labute approximate surface area is 206 Å². The molecule has 33 heavy (non-hydrogen) atoms. The Balaban J connectivity index is 1.58. The number of halogens is 2. The Bertz CT molecular complexity index is 1530. The number of hydrogen-bond acceptors (Lipinski definition) is 0. The first-order valence-electron chi connectivity index (χ1n) is 11.1. The van der Waals surface area contributed by atoms with E-state index in [-0.39, 0.29) is 5.41 Å². The second kappa shape index (κ2) is 6.93. The Morgan fingerprint density at radius 1 is 0.485 bits per heavy atom. The summed E-state index contributed by atoms with van der Waals surface area (Å²) in [5.74, 6) is 0. The highest BCUT2D eigenvalue weighted by Gasteiger charge is 2.51. The van der Waals surface area contributed by atoms with Gasteiger partial charge in [0.25, 0.3) is 0 Å². The second-order valence-electron chi connectivity index (χ2n) is 8.81. The van der Waals surface area contributed by atoms with Crippen LogP contribution in [0.5, 0.6) is 0 Å². The third-order valence-electron chi connectivity index (χ3n) is 7.19. The van der Waals surface area contributed by atoms with Gasteiger partial charge in [0.2, 0.25) is 0 Å². The molecule has 0 unspecified atom stereocenters. The molecule has 0 radical (unpaired) electrons. The summed E-state index contributed by atoms with van der Waals surface area (Å²) in [6.07, 6.45) is 0. The van der Waals surface area contributed by atoms with E-state index in [4.69, 9.17) is 11.6 Å². The van der Waals surface area contributed by atoms with Crippen molar-refractivity contribution in [3.8, 4) is 33.4 Å². The van der Waals surface area contributed by atoms with Gasteiger partial charge in [0.15, 0.2) is 0 Å². The van der Waals surface area contributed by atoms with Gasteiger partial charge in [0, 0.05) is 9.50 Å². The summed E-state index contributed by atoms with van der Waals surface area (Å²) in [6.45, 7) is 0. The van der Waals surface area contributed by atoms with E-state index in [2.05, 4.69) is 113 Å². The molecule has 0 bridgehead atoms. The molecule has 0 atom stereocenters. The first kappa shape index (κ1) is 19.3. The zero-order valence-electron chi connectivity index (χ0n) is 17.6. The van der Waals surface area contributed by atoms with Crippen molar-refractivity contribution in [2.24, 2.45) is 0 Å². The van der Waals surface area contributed by atoms with Crippen LogP contribution < -0.4 is 0 Å². The largest absolute Gasteiger partial charge is 0.0843 e. The molecular formula is C31H18BrCl. The smallest absolute Gasteiger partial charge is 0.0725 e. The van der Waals surface area contributed by atoms with Crippen LogP contribution in [0.15, 0.2) is 114 Å². The molecule has 2 aliphatic carbocycles. The Morgan fingerprint density at radius 2 is 1.00 bits per heavy atom. The van der Waals surface area contributed by atoms with Crippen molar-refractivity contribution in [2.45, 2.75) is 5.41 Å². The van der Waals surface area contributed by atoms with Gasteiger partial charge >= 0.3 is 0 Å². The quantitative estimate of drug-likeness (QED) is 0.209. The van der Waals surface area contributed by atoms with Gasteiger partial charge in [0.05, 0.1) is 5.41 Å². The number of benzene rings is 5. The van der Waals surface area contributed by atoms with Gasteiger partial charge in [-0.3, -0.25) is 0 Å². The maximum absolute atomic E-state index is 6.38. The van der Waals surface area contributed by atoms with Gasteiger partial charge in [-0.05, 0) is 79.9 Å². The molecule has 2 aliphatic rings. The molecule has 5 aromatic rings. The lowest BCUT2D eigenvalue weighted by atomic mass is 9.70. The lowest BCUT2D eigenvalue weighted by Crippen LogP contribution is -2.25. The van der Waals surface area contributed by atoms with Crippen molar-refractivity contribution in [3.05, 3.63) is 141 Å². The summed E-state index contributed by atoms with van der Waals surface area (Å²) in [7, 11) is 0. The summed E-state index contributed by atoms with van der Waals surface area (Å²) in [5.41, 5.74) is 12.7. The minimum absolute atomic E-state index is 0.285. The van der Waals surface area contributed by atoms with Crippen LogP contribution in [-0.4, -0.2) is 0 Å². The van der Waals surface area contributed by atoms with Crippen LogP contribution in [0.2, 0.25) is 5.02 Å². The van der Waals surface area contributed by atoms with Gasteiger partial charge in [-0.25, -0.2) is 0 Å². The zero-order chi connectivity index (χ0) is 22.2. The summed E-state index contributed by atoms with van der Waals surface area (Å²) in [5, 5.41) is 0.732. The van der Waals surface area contributed by atoms with Gasteiger partial charge in [-0.2, -0.15) is 0 Å². The molecule has 1 spiro atoms. The molecule has 0 aliphatic heterocycles. The predicted octanol–water partition coefficient (Wildman–Crippen LogP) is 9.11. The normalized spacial score (nSPS) is 14.0. The number of fused-ring (bicyclic) bond motifs is 10. The van der Waals surface area contributed by atoms with Gasteiger partial charge in [-0.1, -0.05) is 112 Å². The molecular weight excluding hydrogens is 488 g/mol. The second-order valence-corrected chi connectivity index (χ2v) is 10.2. The molecule has 0 nitrogen and oxygen atoms in total. The Hall–Kier alpha value is -3.13. The van der Waals surface area contributed by atoms with E-state index in [0.717, 1.165) is 15.1 Å². The monoisotopic (exact) mass is 504 g/mol. The molecule has 0 aromatic heterocycles. The summed E-state index contributed by atoms with van der Waals surface area (Å²) >= 11 is 9.98. The van der Waals surface area contributed by atoms with Crippen LogP contribution in [0.25, 0.3) is 33.4 Å². The molecule has 0 N–H and O–H groups in total. The SMILES string of the molecule is Clc1cc(Br)cc(-c2ccc3c(c2)-c2ccccc2C32c3ccccc3-c3ccccc32)c1. The van der Waals surface area contributed by atoms with Crippen molar-refractivity contribution < 1.29 is 0 Å². The maximum atomic E-state index is 6.38. The average molecular weight is 506 g/mol. The minimum Gasteiger partial charge on any atom is -0.0843 e. The van der Waals surface area contributed by atoms with Crippen molar-refractivity contribution in [1.82, 2.24) is 0 Å². The van der Waals surface area contributed by atoms with Crippen molar-refractivity contribution in [3.63, 3.8) is 0 Å². The lowest BCUT2D eigenvalue weighted by Gasteiger charge is -2.30. The van der Waals surface area contributed by atoms with E-state index in [9.17, 15) is 0 Å². The Kier molecular flexibility index (Phi) is 4.07. The van der Waals surface area contributed by atoms with Crippen LogP contribution in [0.1, 0.15) is 22.3 Å². The van der Waals surface area contributed by atoms with Gasteiger partial charge in [-0.15, -0.1) is 0 Å². The molecule has 0 fully saturated rings. The standard InChI is InChI=1S/C31H18BrCl/c32-21-15-20(16-22(33)18-21)19-13-14-30-26(17-19)25-9-3-6-12-29(25)31(30)27-10-4-1-7-23(27)24-8-2-5-11-28(24)31/h1-18H. The fraction of sp³-hybridized carbons (Fsp3) is 0.0323. The maximum Gasteiger partial charge on any atom is 0.0725 e. The lowest BCUT2D eigenvalue weighted by molar-refractivity contribution is 0.794. The van der Waals surface area contributed by atoms with E-state index >= 15 is 0 Å². The molecule has 7 rings (SSSR count). The number of hydrogen-bond donors (Lipinski definition) is 0. The third kappa shape index (κ3) is 2.52. The van der Waals surface area contributed by atoms with E-state index < -0.39 is 0 Å². The topological polar surface area (TPSA) is 0 Å². The fourth-order valence-corrected chi connectivity index (χ4v) is 6.86. The van der Waals surface area contributed by atoms with Gasteiger partial charge in [0.1, 0.15) is 0 Å². The highest BCUT2D eigenvalue weighted by Crippen LogP contribution is 2.62. The third-order valence-corrected chi connectivity index (χ3v) is 7.87. The molecule has 0 saturated carbocycles. The van der Waals surface area contributed by atoms with Crippen LogP contribution >= 0.6 is 27.5 Å². The van der Waals surface area contributed by atoms with E-state index in [1.807, 2.05) is 12.1 Å². The summed E-state index contributed by atoms with van der Waals surface area (Å²) in [4.78, 5) is 0. The van der Waals surface area contributed by atoms with Crippen LogP contribution in [-0.2, 0) is 5.41 Å². The molecule has 156 valence electrons. The molecule has 0 amide bonds. The van der Waals surface area contributed by atoms with Crippen molar-refractivity contribution in [1.29, 1.82) is 0 Å².